The van der Waals surface area contributed by atoms with Gasteiger partial charge in [-0.15, -0.1) is 0 Å². The smallest absolute Gasteiger partial charge is 0.408 e. The Bertz CT molecular complexity index is 2510. The molecule has 7 rings (SSSR count). The van der Waals surface area contributed by atoms with Crippen LogP contribution in [0.4, 0.5) is 21.0 Å². The van der Waals surface area contributed by atoms with Gasteiger partial charge in [-0.1, -0.05) is 60.7 Å². The van der Waals surface area contributed by atoms with Crippen LogP contribution in [0.2, 0.25) is 0 Å². The van der Waals surface area contributed by atoms with Gasteiger partial charge in [0.05, 0.1) is 10.6 Å². The summed E-state index contributed by atoms with van der Waals surface area (Å²) in [5, 5.41) is 19.4. The van der Waals surface area contributed by atoms with E-state index in [1.165, 1.54) is 9.80 Å². The summed E-state index contributed by atoms with van der Waals surface area (Å²) < 4.78 is 12.1. The van der Waals surface area contributed by atoms with Crippen LogP contribution in [-0.2, 0) is 23.9 Å². The first-order valence-corrected chi connectivity index (χ1v) is 22.1. The van der Waals surface area contributed by atoms with Crippen LogP contribution < -0.4 is 16.0 Å². The molecule has 1 unspecified atom stereocenters. The molecule has 15 nitrogen and oxygen atoms in total. The number of alkyl carbamates (subject to hydrolysis) is 1. The molecule has 2 aliphatic heterocycles. The molecule has 0 aliphatic carbocycles. The Balaban J connectivity index is 1.02. The number of likely N-dealkylation sites (tertiary alicyclic amines) is 2. The zero-order chi connectivity index (χ0) is 45.7. The molecule has 0 radical (unpaired) electrons. The first kappa shape index (κ1) is 45.3. The fourth-order valence-electron chi connectivity index (χ4n) is 8.40. The molecule has 3 heterocycles. The van der Waals surface area contributed by atoms with Crippen molar-refractivity contribution >= 4 is 74.1 Å². The maximum atomic E-state index is 14.1. The highest BCUT2D eigenvalue weighted by atomic mass is 79.9. The van der Waals surface area contributed by atoms with E-state index in [0.29, 0.717) is 88.0 Å². The molecule has 4 atom stereocenters. The summed E-state index contributed by atoms with van der Waals surface area (Å²) in [6, 6.07) is 25.7. The van der Waals surface area contributed by atoms with Crippen molar-refractivity contribution in [2.45, 2.75) is 89.7 Å². The quantitative estimate of drug-likeness (QED) is 0.0895. The van der Waals surface area contributed by atoms with Gasteiger partial charge in [0.25, 0.3) is 11.8 Å². The van der Waals surface area contributed by atoms with Crippen LogP contribution in [0.25, 0.3) is 22.3 Å². The number of rotatable bonds is 13. The van der Waals surface area contributed by atoms with E-state index < -0.39 is 54.2 Å². The molecule has 5 aromatic rings. The summed E-state index contributed by atoms with van der Waals surface area (Å²) in [5.41, 5.74) is 3.35. The number of ether oxygens (including phenoxy) is 1. The minimum absolute atomic E-state index is 0.319. The van der Waals surface area contributed by atoms with Crippen LogP contribution in [0.5, 0.6) is 0 Å². The molecule has 4 N–H and O–H groups in total. The number of furan rings is 1. The van der Waals surface area contributed by atoms with E-state index in [9.17, 15) is 33.9 Å². The number of hydrogen-bond acceptors (Lipinski definition) is 8. The molecule has 2 fully saturated rings. The molecule has 6 amide bonds. The van der Waals surface area contributed by atoms with E-state index in [0.717, 1.165) is 4.90 Å². The molecule has 0 bridgehead atoms. The molecule has 4 aromatic carbocycles. The van der Waals surface area contributed by atoms with Gasteiger partial charge in [-0.05, 0) is 123 Å². The Morgan fingerprint density at radius 3 is 1.84 bits per heavy atom. The van der Waals surface area contributed by atoms with Gasteiger partial charge in [-0.25, -0.2) is 9.59 Å². The van der Waals surface area contributed by atoms with Crippen LogP contribution in [0, 0.1) is 0 Å². The van der Waals surface area contributed by atoms with Gasteiger partial charge >= 0.3 is 12.2 Å². The number of halogens is 1. The summed E-state index contributed by atoms with van der Waals surface area (Å²) in [5.74, 6) is -1.08. The van der Waals surface area contributed by atoms with E-state index in [1.54, 1.807) is 125 Å². The molecule has 64 heavy (non-hydrogen) atoms. The number of nitrogens with zero attached hydrogens (tertiary/aromatic N) is 3. The Labute approximate surface area is 379 Å². The van der Waals surface area contributed by atoms with Crippen LogP contribution in [0.1, 0.15) is 76.6 Å². The van der Waals surface area contributed by atoms with E-state index in [2.05, 4.69) is 31.9 Å². The molecule has 1 aromatic heterocycles. The van der Waals surface area contributed by atoms with Crippen molar-refractivity contribution < 1.29 is 43.0 Å². The fraction of sp³-hybridized carbons (Fsp3) is 0.333. The number of carbonyl (C=O) groups is 6. The lowest BCUT2D eigenvalue weighted by atomic mass is 10.0. The van der Waals surface area contributed by atoms with Crippen molar-refractivity contribution in [1.82, 2.24) is 20.0 Å². The number of anilines is 2. The second kappa shape index (κ2) is 19.8. The Kier molecular flexibility index (Phi) is 14.0. The normalized spacial score (nSPS) is 17.0. The summed E-state index contributed by atoms with van der Waals surface area (Å²) in [6.45, 7) is 7.53. The zero-order valence-electron chi connectivity index (χ0n) is 36.0. The summed E-state index contributed by atoms with van der Waals surface area (Å²) in [7, 11) is 0. The second-order valence-electron chi connectivity index (χ2n) is 16.4. The number of carboxylic acid groups (broad SMARTS) is 1. The predicted molar refractivity (Wildman–Crippen MR) is 244 cm³/mol. The third-order valence-corrected chi connectivity index (χ3v) is 12.2. The fourth-order valence-corrected chi connectivity index (χ4v) is 9.02. The number of fused-ring (bicyclic) bond motifs is 1. The summed E-state index contributed by atoms with van der Waals surface area (Å²) in [4.78, 5) is 84.8. The number of nitrogens with one attached hydrogen (secondary N) is 3. The number of carbonyl (C=O) groups excluding carboxylic acids is 5. The SMILES string of the molecule is CC(C)OC(=O)N[C@H](C(=O)N1CCCC1C(=O)Nc1ccc2oc(-c3ccc(NC(=O)[C@@H]4CCCN4C(=O)[C@@H](c4ccccc4)N(C(=O)O)C(C)C)cc3)c(Br)c2c1)c1ccccc1. The zero-order valence-corrected chi connectivity index (χ0v) is 37.5. The van der Waals surface area contributed by atoms with Crippen LogP contribution in [0.15, 0.2) is 112 Å². The predicted octanol–water partition coefficient (Wildman–Crippen LogP) is 8.73. The largest absolute Gasteiger partial charge is 0.465 e. The Morgan fingerprint density at radius 1 is 0.734 bits per heavy atom. The lowest BCUT2D eigenvalue weighted by molar-refractivity contribution is -0.141. The number of amides is 6. The molecule has 0 spiro atoms. The first-order chi connectivity index (χ1) is 30.7. The molecular weight excluding hydrogens is 884 g/mol. The maximum Gasteiger partial charge on any atom is 0.408 e. The highest BCUT2D eigenvalue weighted by Crippen LogP contribution is 2.39. The van der Waals surface area contributed by atoms with E-state index in [4.69, 9.17) is 9.15 Å². The monoisotopic (exact) mass is 934 g/mol. The number of benzene rings is 4. The van der Waals surface area contributed by atoms with Crippen molar-refractivity contribution in [3.8, 4) is 11.3 Å². The van der Waals surface area contributed by atoms with Gasteiger partial charge in [-0.3, -0.25) is 24.1 Å². The van der Waals surface area contributed by atoms with Crippen molar-refractivity contribution in [2.75, 3.05) is 23.7 Å². The maximum absolute atomic E-state index is 14.1. The van der Waals surface area contributed by atoms with Crippen molar-refractivity contribution in [1.29, 1.82) is 0 Å². The molecular formula is C48H51BrN6O9. The summed E-state index contributed by atoms with van der Waals surface area (Å²) in [6.07, 6.45) is -0.260. The lowest BCUT2D eigenvalue weighted by Gasteiger charge is -2.36. The standard InChI is InChI=1S/C48H51BrN6O9/c1-28(2)55(48(61)62)41(31-15-9-6-10-16-31)46(59)54-26-12-18-37(54)43(56)50-33-21-19-32(20-22-33)42-39(49)35-27-34(23-24-38(35)64-42)51-44(57)36-17-11-25-53(36)45(58)40(30-13-7-5-8-14-30)52-47(60)63-29(3)4/h5-10,13-16,19-24,27-29,36-37,40-41H,11-12,17-18,25-26H2,1-4H3,(H,50,56)(H,51,57)(H,52,60)(H,61,62)/t36?,37-,40-,41+/m0/s1. The van der Waals surface area contributed by atoms with E-state index >= 15 is 0 Å². The average molecular weight is 936 g/mol. The average Bonchev–Trinajstić information content (AvgIpc) is 4.05. The molecule has 0 saturated carbocycles. The minimum atomic E-state index is -1.22. The highest BCUT2D eigenvalue weighted by Gasteiger charge is 2.42. The van der Waals surface area contributed by atoms with Crippen molar-refractivity contribution in [3.05, 3.63) is 119 Å². The third-order valence-electron chi connectivity index (χ3n) is 11.4. The van der Waals surface area contributed by atoms with Crippen molar-refractivity contribution in [3.63, 3.8) is 0 Å². The Hall–Kier alpha value is -6.68. The lowest BCUT2D eigenvalue weighted by Crippen LogP contribution is -2.51. The Morgan fingerprint density at radius 2 is 1.28 bits per heavy atom. The second-order valence-corrected chi connectivity index (χ2v) is 17.2. The van der Waals surface area contributed by atoms with Gasteiger partial charge < -0.3 is 40.0 Å². The topological polar surface area (TPSA) is 191 Å². The van der Waals surface area contributed by atoms with Gasteiger partial charge in [0, 0.05) is 41.5 Å². The van der Waals surface area contributed by atoms with Crippen molar-refractivity contribution in [2.24, 2.45) is 0 Å². The first-order valence-electron chi connectivity index (χ1n) is 21.3. The molecule has 334 valence electrons. The van der Waals surface area contributed by atoms with Gasteiger partial charge in [-0.2, -0.15) is 0 Å². The van der Waals surface area contributed by atoms with Crippen LogP contribution in [-0.4, -0.2) is 92.9 Å². The molecule has 16 heteroatoms. The highest BCUT2D eigenvalue weighted by molar-refractivity contribution is 9.10. The van der Waals surface area contributed by atoms with Gasteiger partial charge in [0.15, 0.2) is 0 Å². The number of hydrogen-bond donors (Lipinski definition) is 4. The van der Waals surface area contributed by atoms with Crippen LogP contribution >= 0.6 is 15.9 Å². The third kappa shape index (κ3) is 9.91. The molecule has 2 aliphatic rings. The minimum Gasteiger partial charge on any atom is -0.465 e. The van der Waals surface area contributed by atoms with Crippen LogP contribution in [0.3, 0.4) is 0 Å². The van der Waals surface area contributed by atoms with E-state index in [1.807, 2.05) is 6.07 Å². The van der Waals surface area contributed by atoms with E-state index in [-0.39, 0.29) is 17.9 Å². The van der Waals surface area contributed by atoms with Gasteiger partial charge in [0.2, 0.25) is 11.8 Å². The summed E-state index contributed by atoms with van der Waals surface area (Å²) >= 11 is 3.68. The molecule has 2 saturated heterocycles. The van der Waals surface area contributed by atoms with Gasteiger partial charge in [0.1, 0.15) is 35.5 Å².